The highest BCUT2D eigenvalue weighted by Gasteiger charge is 2.02. The molecule has 0 radical (unpaired) electrons. The van der Waals surface area contributed by atoms with Crippen molar-refractivity contribution in [3.05, 3.63) is 30.3 Å². The van der Waals surface area contributed by atoms with Crippen molar-refractivity contribution in [2.24, 2.45) is 11.0 Å². The van der Waals surface area contributed by atoms with Crippen LogP contribution in [0.15, 0.2) is 30.3 Å². The molecule has 0 bridgehead atoms. The lowest BCUT2D eigenvalue weighted by Crippen LogP contribution is -2.05. The Bertz CT molecular complexity index is 314. The molecule has 0 aliphatic carbocycles. The van der Waals surface area contributed by atoms with Crippen LogP contribution in [-0.2, 0) is 11.8 Å². The summed E-state index contributed by atoms with van der Waals surface area (Å²) >= 11 is 6.30. The first-order valence-corrected chi connectivity index (χ1v) is 8.61. The van der Waals surface area contributed by atoms with Gasteiger partial charge < -0.3 is 4.74 Å². The maximum atomic E-state index is 5.53. The van der Waals surface area contributed by atoms with Gasteiger partial charge >= 0.3 is 0 Å². The van der Waals surface area contributed by atoms with E-state index in [4.69, 9.17) is 27.6 Å². The standard InChI is InChI=1S/C8H13N2OPS2/c9-12(10,13)14-7-6-11-8-4-2-1-3-5-8/h1-5H,6-7H2,(H4,9,10,13). The van der Waals surface area contributed by atoms with Gasteiger partial charge in [-0.2, -0.15) is 0 Å². The van der Waals surface area contributed by atoms with Gasteiger partial charge in [0.15, 0.2) is 0 Å². The van der Waals surface area contributed by atoms with Crippen LogP contribution in [0.3, 0.4) is 0 Å². The molecule has 0 aliphatic heterocycles. The Hall–Kier alpha value is -0.0600. The number of rotatable bonds is 5. The second kappa shape index (κ2) is 5.73. The zero-order valence-corrected chi connectivity index (χ0v) is 10.2. The maximum Gasteiger partial charge on any atom is 0.122 e. The molecule has 0 fully saturated rings. The van der Waals surface area contributed by atoms with Crippen molar-refractivity contribution < 1.29 is 4.74 Å². The van der Waals surface area contributed by atoms with E-state index in [0.717, 1.165) is 11.5 Å². The van der Waals surface area contributed by atoms with E-state index in [-0.39, 0.29) is 0 Å². The third-order valence-corrected chi connectivity index (χ3v) is 4.85. The molecule has 14 heavy (non-hydrogen) atoms. The van der Waals surface area contributed by atoms with Crippen LogP contribution in [-0.4, -0.2) is 12.4 Å². The summed E-state index contributed by atoms with van der Waals surface area (Å²) in [5.74, 6) is 1.59. The Morgan fingerprint density at radius 2 is 1.93 bits per heavy atom. The molecule has 0 saturated heterocycles. The number of para-hydroxylation sites is 1. The highest BCUT2D eigenvalue weighted by Crippen LogP contribution is 2.42. The molecule has 0 aliphatic rings. The summed E-state index contributed by atoms with van der Waals surface area (Å²) < 4.78 is 5.44. The minimum Gasteiger partial charge on any atom is -0.493 e. The zero-order chi connectivity index (χ0) is 10.4. The minimum atomic E-state index is -2.12. The third kappa shape index (κ3) is 5.62. The van der Waals surface area contributed by atoms with E-state index >= 15 is 0 Å². The van der Waals surface area contributed by atoms with E-state index in [9.17, 15) is 0 Å². The van der Waals surface area contributed by atoms with Gasteiger partial charge in [-0.1, -0.05) is 41.4 Å². The van der Waals surface area contributed by atoms with Crippen LogP contribution in [0.5, 0.6) is 5.75 Å². The van der Waals surface area contributed by atoms with Crippen LogP contribution in [0.1, 0.15) is 0 Å². The molecule has 3 nitrogen and oxygen atoms in total. The molecule has 0 atom stereocenters. The van der Waals surface area contributed by atoms with Gasteiger partial charge in [0.1, 0.15) is 11.3 Å². The fourth-order valence-corrected chi connectivity index (χ4v) is 3.05. The molecule has 4 N–H and O–H groups in total. The van der Waals surface area contributed by atoms with Gasteiger partial charge in [-0.05, 0) is 12.1 Å². The van der Waals surface area contributed by atoms with Crippen molar-refractivity contribution in [3.8, 4) is 5.75 Å². The summed E-state index contributed by atoms with van der Waals surface area (Å²) in [6.45, 7) is 0.585. The zero-order valence-electron chi connectivity index (χ0n) is 7.63. The van der Waals surface area contributed by atoms with Crippen LogP contribution in [0.25, 0.3) is 0 Å². The lowest BCUT2D eigenvalue weighted by molar-refractivity contribution is 0.344. The lowest BCUT2D eigenvalue weighted by atomic mass is 10.3. The quantitative estimate of drug-likeness (QED) is 0.616. The molecular formula is C8H13N2OPS2. The van der Waals surface area contributed by atoms with Crippen LogP contribution >= 0.6 is 16.9 Å². The highest BCUT2D eigenvalue weighted by atomic mass is 32.9. The molecule has 0 heterocycles. The van der Waals surface area contributed by atoms with Crippen LogP contribution < -0.4 is 15.7 Å². The topological polar surface area (TPSA) is 61.3 Å². The van der Waals surface area contributed by atoms with Crippen molar-refractivity contribution in [2.75, 3.05) is 12.4 Å². The fraction of sp³-hybridized carbons (Fsp3) is 0.250. The Balaban J connectivity index is 2.20. The number of hydrogen-bond acceptors (Lipinski definition) is 3. The maximum absolute atomic E-state index is 5.53. The molecule has 1 aromatic carbocycles. The second-order valence-corrected chi connectivity index (χ2v) is 9.69. The molecule has 0 amide bonds. The van der Waals surface area contributed by atoms with E-state index in [2.05, 4.69) is 0 Å². The Morgan fingerprint density at radius 1 is 1.29 bits per heavy atom. The first-order valence-electron chi connectivity index (χ1n) is 4.07. The fourth-order valence-electron chi connectivity index (χ4n) is 0.856. The van der Waals surface area contributed by atoms with Gasteiger partial charge in [0.2, 0.25) is 0 Å². The number of nitrogens with two attached hydrogens (primary N) is 2. The molecule has 6 heteroatoms. The average molecular weight is 248 g/mol. The molecule has 78 valence electrons. The summed E-state index contributed by atoms with van der Waals surface area (Å²) in [7, 11) is 0. The van der Waals surface area contributed by atoms with Crippen molar-refractivity contribution in [3.63, 3.8) is 0 Å². The van der Waals surface area contributed by atoms with Crippen LogP contribution in [0, 0.1) is 0 Å². The number of benzene rings is 1. The normalized spacial score (nSPS) is 11.3. The van der Waals surface area contributed by atoms with Gasteiger partial charge in [0.05, 0.1) is 6.61 Å². The first-order chi connectivity index (χ1) is 6.58. The van der Waals surface area contributed by atoms with Gasteiger partial charge in [-0.15, -0.1) is 0 Å². The van der Waals surface area contributed by atoms with Gasteiger partial charge in [0.25, 0.3) is 0 Å². The van der Waals surface area contributed by atoms with Crippen LogP contribution in [0.4, 0.5) is 0 Å². The lowest BCUT2D eigenvalue weighted by Gasteiger charge is -2.09. The SMILES string of the molecule is NP(N)(=S)SCCOc1ccccc1. The van der Waals surface area contributed by atoms with Gasteiger partial charge in [0, 0.05) is 5.75 Å². The summed E-state index contributed by atoms with van der Waals surface area (Å²) in [4.78, 5) is 0. The Labute approximate surface area is 93.1 Å². The van der Waals surface area contributed by atoms with Crippen molar-refractivity contribution in [1.82, 2.24) is 0 Å². The van der Waals surface area contributed by atoms with Crippen molar-refractivity contribution >= 4 is 28.7 Å². The molecule has 1 aromatic rings. The van der Waals surface area contributed by atoms with Gasteiger partial charge in [-0.3, -0.25) is 11.0 Å². The molecule has 0 aromatic heterocycles. The van der Waals surface area contributed by atoms with E-state index in [0.29, 0.717) is 6.61 Å². The predicted octanol–water partition coefficient (Wildman–Crippen LogP) is 1.94. The summed E-state index contributed by atoms with van der Waals surface area (Å²) in [5, 5.41) is 0. The number of ether oxygens (including phenoxy) is 1. The summed E-state index contributed by atoms with van der Waals surface area (Å²) in [6, 6.07) is 9.62. The largest absolute Gasteiger partial charge is 0.493 e. The third-order valence-electron chi connectivity index (χ3n) is 1.39. The van der Waals surface area contributed by atoms with E-state index in [1.807, 2.05) is 30.3 Å². The molecule has 0 unspecified atom stereocenters. The van der Waals surface area contributed by atoms with E-state index in [1.54, 1.807) is 0 Å². The Kier molecular flexibility index (Phi) is 4.92. The summed E-state index contributed by atoms with van der Waals surface area (Å²) in [5.41, 5.74) is 8.94. The molecule has 0 spiro atoms. The van der Waals surface area contributed by atoms with Gasteiger partial charge in [-0.25, -0.2) is 0 Å². The van der Waals surface area contributed by atoms with Crippen LogP contribution in [0.2, 0.25) is 0 Å². The molecule has 0 saturated carbocycles. The Morgan fingerprint density at radius 3 is 2.50 bits per heavy atom. The van der Waals surface area contributed by atoms with E-state index < -0.39 is 5.54 Å². The number of hydrogen-bond donors (Lipinski definition) is 2. The minimum absolute atomic E-state index is 0.585. The first kappa shape index (κ1) is 12.0. The highest BCUT2D eigenvalue weighted by molar-refractivity contribution is 8.69. The summed E-state index contributed by atoms with van der Waals surface area (Å²) in [6.07, 6.45) is 0. The molecular weight excluding hydrogens is 235 g/mol. The monoisotopic (exact) mass is 248 g/mol. The smallest absolute Gasteiger partial charge is 0.122 e. The molecule has 1 rings (SSSR count). The predicted molar refractivity (Wildman–Crippen MR) is 67.1 cm³/mol. The van der Waals surface area contributed by atoms with Crippen molar-refractivity contribution in [2.45, 2.75) is 0 Å². The van der Waals surface area contributed by atoms with E-state index in [1.165, 1.54) is 11.4 Å². The van der Waals surface area contributed by atoms with Crippen molar-refractivity contribution in [1.29, 1.82) is 0 Å². The average Bonchev–Trinajstić information content (AvgIpc) is 2.13. The second-order valence-electron chi connectivity index (χ2n) is 2.64.